The summed E-state index contributed by atoms with van der Waals surface area (Å²) in [5.41, 5.74) is 2.85. The van der Waals surface area contributed by atoms with Crippen LogP contribution in [0.25, 0.3) is 0 Å². The van der Waals surface area contributed by atoms with Crippen molar-refractivity contribution in [1.82, 2.24) is 4.98 Å². The van der Waals surface area contributed by atoms with Gasteiger partial charge in [-0.3, -0.25) is 5.84 Å². The van der Waals surface area contributed by atoms with Gasteiger partial charge in [0.15, 0.2) is 6.20 Å². The van der Waals surface area contributed by atoms with Crippen LogP contribution in [-0.4, -0.2) is 9.91 Å². The van der Waals surface area contributed by atoms with Crippen LogP contribution in [0.1, 0.15) is 0 Å². The average molecular weight is 191 g/mol. The highest BCUT2D eigenvalue weighted by Crippen LogP contribution is 2.09. The molecule has 12 heavy (non-hydrogen) atoms. The molecular formula is C5H7ClN4O2. The summed E-state index contributed by atoms with van der Waals surface area (Å²) >= 11 is 0. The zero-order valence-electron chi connectivity index (χ0n) is 5.93. The molecule has 7 heteroatoms. The molecule has 1 aromatic heterocycles. The third-order valence-corrected chi connectivity index (χ3v) is 1.10. The minimum absolute atomic E-state index is 0. The van der Waals surface area contributed by atoms with E-state index in [1.54, 1.807) is 0 Å². The van der Waals surface area contributed by atoms with Gasteiger partial charge < -0.3 is 15.5 Å². The van der Waals surface area contributed by atoms with E-state index in [4.69, 9.17) is 5.84 Å². The Balaban J connectivity index is 0.00000121. The smallest absolute Gasteiger partial charge is 0.358 e. The van der Waals surface area contributed by atoms with Gasteiger partial charge in [-0.25, -0.2) is 0 Å². The van der Waals surface area contributed by atoms with E-state index in [0.717, 1.165) is 0 Å². The SMILES string of the molecule is Cl.NNc1ccc([N+](=O)[O-])nc1. The van der Waals surface area contributed by atoms with Gasteiger partial charge in [0.2, 0.25) is 0 Å². The fourth-order valence-electron chi connectivity index (χ4n) is 0.579. The lowest BCUT2D eigenvalue weighted by Gasteiger charge is -1.94. The number of nitrogen functional groups attached to an aromatic ring is 1. The Kier molecular flexibility index (Phi) is 3.95. The number of nitro groups is 1. The van der Waals surface area contributed by atoms with Crippen molar-refractivity contribution < 1.29 is 4.92 Å². The molecule has 0 radical (unpaired) electrons. The van der Waals surface area contributed by atoms with Gasteiger partial charge in [-0.05, 0) is 16.0 Å². The first kappa shape index (κ1) is 10.6. The highest BCUT2D eigenvalue weighted by Gasteiger charge is 2.04. The molecule has 1 heterocycles. The van der Waals surface area contributed by atoms with Crippen LogP contribution < -0.4 is 11.3 Å². The van der Waals surface area contributed by atoms with Crippen LogP contribution in [0.5, 0.6) is 0 Å². The van der Waals surface area contributed by atoms with E-state index < -0.39 is 4.92 Å². The van der Waals surface area contributed by atoms with Gasteiger partial charge >= 0.3 is 5.82 Å². The van der Waals surface area contributed by atoms with Crippen molar-refractivity contribution in [3.8, 4) is 0 Å². The van der Waals surface area contributed by atoms with Crippen molar-refractivity contribution in [3.63, 3.8) is 0 Å². The van der Waals surface area contributed by atoms with Crippen LogP contribution in [0.3, 0.4) is 0 Å². The fourth-order valence-corrected chi connectivity index (χ4v) is 0.579. The summed E-state index contributed by atoms with van der Waals surface area (Å²) in [6.45, 7) is 0. The predicted octanol–water partition coefficient (Wildman–Crippen LogP) is 0.697. The average Bonchev–Trinajstić information content (AvgIpc) is 2.05. The van der Waals surface area contributed by atoms with Gasteiger partial charge in [0.1, 0.15) is 0 Å². The van der Waals surface area contributed by atoms with Gasteiger partial charge in [-0.2, -0.15) is 0 Å². The molecule has 0 bridgehead atoms. The Morgan fingerprint density at radius 2 is 2.25 bits per heavy atom. The van der Waals surface area contributed by atoms with Crippen molar-refractivity contribution in [3.05, 3.63) is 28.4 Å². The third-order valence-electron chi connectivity index (χ3n) is 1.10. The summed E-state index contributed by atoms with van der Waals surface area (Å²) in [4.78, 5) is 13.0. The summed E-state index contributed by atoms with van der Waals surface area (Å²) in [7, 11) is 0. The molecule has 0 aromatic carbocycles. The molecule has 3 N–H and O–H groups in total. The zero-order valence-corrected chi connectivity index (χ0v) is 6.75. The summed E-state index contributed by atoms with van der Waals surface area (Å²) in [5.74, 6) is 4.83. The molecular weight excluding hydrogens is 184 g/mol. The van der Waals surface area contributed by atoms with Crippen molar-refractivity contribution in [1.29, 1.82) is 0 Å². The Bertz CT molecular complexity index is 263. The fraction of sp³-hybridized carbons (Fsp3) is 0. The first-order chi connectivity index (χ1) is 5.24. The number of nitrogens with one attached hydrogen (secondary N) is 1. The van der Waals surface area contributed by atoms with Crippen LogP contribution in [0, 0.1) is 10.1 Å². The molecule has 0 amide bonds. The van der Waals surface area contributed by atoms with Crippen LogP contribution in [0.4, 0.5) is 11.5 Å². The standard InChI is InChI=1S/C5H6N4O2.ClH/c6-8-4-1-2-5(7-3-4)9(10)11;/h1-3,8H,6H2;1H. The van der Waals surface area contributed by atoms with Gasteiger partial charge in [-0.1, -0.05) is 0 Å². The molecule has 1 aromatic rings. The van der Waals surface area contributed by atoms with Crippen LogP contribution >= 0.6 is 12.4 Å². The maximum absolute atomic E-state index is 10.1. The lowest BCUT2D eigenvalue weighted by Crippen LogP contribution is -2.06. The molecule has 0 saturated heterocycles. The van der Waals surface area contributed by atoms with Crippen LogP contribution in [0.2, 0.25) is 0 Å². The quantitative estimate of drug-likeness (QED) is 0.407. The number of hydrazine groups is 1. The number of pyridine rings is 1. The maximum atomic E-state index is 10.1. The minimum atomic E-state index is -0.569. The molecule has 0 aliphatic carbocycles. The monoisotopic (exact) mass is 190 g/mol. The Morgan fingerprint density at radius 3 is 2.58 bits per heavy atom. The summed E-state index contributed by atoms with van der Waals surface area (Å²) in [5, 5.41) is 10.1. The van der Waals surface area contributed by atoms with Gasteiger partial charge in [0, 0.05) is 6.07 Å². The normalized spacial score (nSPS) is 8.42. The van der Waals surface area contributed by atoms with E-state index in [9.17, 15) is 10.1 Å². The lowest BCUT2D eigenvalue weighted by atomic mass is 10.4. The number of hydrogen-bond acceptors (Lipinski definition) is 5. The Hall–Kier alpha value is -1.40. The van der Waals surface area contributed by atoms with Gasteiger partial charge in [-0.15, -0.1) is 12.4 Å². The van der Waals surface area contributed by atoms with Crippen molar-refractivity contribution in [2.45, 2.75) is 0 Å². The summed E-state index contributed by atoms with van der Waals surface area (Å²) < 4.78 is 0. The number of halogens is 1. The Labute approximate surface area is 74.3 Å². The van der Waals surface area contributed by atoms with E-state index in [2.05, 4.69) is 10.4 Å². The van der Waals surface area contributed by atoms with Crippen LogP contribution in [-0.2, 0) is 0 Å². The molecule has 0 unspecified atom stereocenters. The number of nitrogens with two attached hydrogens (primary N) is 1. The largest absolute Gasteiger partial charge is 0.363 e. The lowest BCUT2D eigenvalue weighted by molar-refractivity contribution is -0.389. The molecule has 6 nitrogen and oxygen atoms in total. The van der Waals surface area contributed by atoms with E-state index in [0.29, 0.717) is 5.69 Å². The predicted molar refractivity (Wildman–Crippen MR) is 45.9 cm³/mol. The van der Waals surface area contributed by atoms with Crippen molar-refractivity contribution >= 4 is 23.9 Å². The van der Waals surface area contributed by atoms with Crippen molar-refractivity contribution in [2.24, 2.45) is 5.84 Å². The second-order valence-electron chi connectivity index (χ2n) is 1.81. The zero-order chi connectivity index (χ0) is 8.27. The summed E-state index contributed by atoms with van der Waals surface area (Å²) in [6.07, 6.45) is 1.29. The van der Waals surface area contributed by atoms with E-state index in [1.165, 1.54) is 18.3 Å². The Morgan fingerprint density at radius 1 is 1.58 bits per heavy atom. The number of nitrogens with zero attached hydrogens (tertiary/aromatic N) is 2. The second-order valence-corrected chi connectivity index (χ2v) is 1.81. The highest BCUT2D eigenvalue weighted by molar-refractivity contribution is 5.85. The van der Waals surface area contributed by atoms with E-state index in [1.807, 2.05) is 0 Å². The molecule has 0 aliphatic rings. The summed E-state index contributed by atoms with van der Waals surface area (Å²) in [6, 6.07) is 2.75. The molecule has 66 valence electrons. The van der Waals surface area contributed by atoms with Crippen molar-refractivity contribution in [2.75, 3.05) is 5.43 Å². The van der Waals surface area contributed by atoms with Gasteiger partial charge in [0.05, 0.1) is 5.69 Å². The second kappa shape index (κ2) is 4.47. The molecule has 0 fully saturated rings. The first-order valence-corrected chi connectivity index (χ1v) is 2.81. The highest BCUT2D eigenvalue weighted by atomic mass is 35.5. The van der Waals surface area contributed by atoms with E-state index >= 15 is 0 Å². The maximum Gasteiger partial charge on any atom is 0.363 e. The molecule has 0 spiro atoms. The number of hydrogen-bond donors (Lipinski definition) is 2. The van der Waals surface area contributed by atoms with Crippen LogP contribution in [0.15, 0.2) is 18.3 Å². The topological polar surface area (TPSA) is 94.1 Å². The first-order valence-electron chi connectivity index (χ1n) is 2.81. The molecule has 0 saturated carbocycles. The molecule has 0 atom stereocenters. The molecule has 1 rings (SSSR count). The van der Waals surface area contributed by atoms with E-state index in [-0.39, 0.29) is 18.2 Å². The van der Waals surface area contributed by atoms with Gasteiger partial charge in [0.25, 0.3) is 0 Å². The number of anilines is 1. The minimum Gasteiger partial charge on any atom is -0.358 e. The number of rotatable bonds is 2. The third kappa shape index (κ3) is 2.33. The number of aromatic nitrogens is 1. The molecule has 0 aliphatic heterocycles.